The molecular formula is C26H20N6O4S. The van der Waals surface area contributed by atoms with Gasteiger partial charge >= 0.3 is 0 Å². The molecule has 0 unspecified atom stereocenters. The summed E-state index contributed by atoms with van der Waals surface area (Å²) in [6, 6.07) is 18.8. The first kappa shape index (κ1) is 22.7. The zero-order chi connectivity index (χ0) is 25.6. The third kappa shape index (κ3) is 4.15. The van der Waals surface area contributed by atoms with E-state index in [1.165, 1.54) is 25.3 Å². The van der Waals surface area contributed by atoms with Gasteiger partial charge in [-0.15, -0.1) is 0 Å². The van der Waals surface area contributed by atoms with Gasteiger partial charge in [-0.2, -0.15) is 5.10 Å². The summed E-state index contributed by atoms with van der Waals surface area (Å²) >= 11 is 0. The summed E-state index contributed by atoms with van der Waals surface area (Å²) in [5.41, 5.74) is 4.65. The van der Waals surface area contributed by atoms with Gasteiger partial charge in [-0.05, 0) is 48.0 Å². The molecule has 5 aromatic rings. The molecule has 3 aromatic heterocycles. The molecule has 8 bridgehead atoms. The van der Waals surface area contributed by atoms with E-state index in [0.717, 1.165) is 16.8 Å². The standard InChI is InChI=1S/C26H20N6O4S/c1-36-26-22-12-19(14-29-26)21-8-9-24-27-15-23(32(24)30-21)17-5-2-4-16(10-17)13-28-25(33)18-6-3-7-20(11-18)37(34,35)31-22/h2-12,14-15,31H,13H2,1H3,(H,28,33). The Morgan fingerprint density at radius 2 is 1.76 bits per heavy atom. The van der Waals surface area contributed by atoms with Crippen molar-refractivity contribution in [1.29, 1.82) is 0 Å². The van der Waals surface area contributed by atoms with Crippen LogP contribution in [0, 0.1) is 0 Å². The quantitative estimate of drug-likeness (QED) is 0.352. The van der Waals surface area contributed by atoms with E-state index in [0.29, 0.717) is 16.9 Å². The summed E-state index contributed by atoms with van der Waals surface area (Å²) in [5, 5.41) is 7.61. The first-order valence-corrected chi connectivity index (χ1v) is 12.8. The van der Waals surface area contributed by atoms with Crippen molar-refractivity contribution in [2.24, 2.45) is 0 Å². The fourth-order valence-electron chi connectivity index (χ4n) is 4.19. The number of pyridine rings is 1. The number of rotatable bonds is 1. The third-order valence-electron chi connectivity index (χ3n) is 6.03. The lowest BCUT2D eigenvalue weighted by atomic mass is 10.1. The fraction of sp³-hybridized carbons (Fsp3) is 0.0769. The van der Waals surface area contributed by atoms with Crippen LogP contribution in [0.3, 0.4) is 0 Å². The highest BCUT2D eigenvalue weighted by molar-refractivity contribution is 7.92. The van der Waals surface area contributed by atoms with Gasteiger partial charge in [0.05, 0.1) is 29.6 Å². The van der Waals surface area contributed by atoms with Crippen molar-refractivity contribution in [3.63, 3.8) is 0 Å². The minimum absolute atomic E-state index is 0.0710. The van der Waals surface area contributed by atoms with E-state index < -0.39 is 15.9 Å². The van der Waals surface area contributed by atoms with Gasteiger partial charge in [-0.1, -0.05) is 24.3 Å². The van der Waals surface area contributed by atoms with E-state index in [2.05, 4.69) is 20.0 Å². The second-order valence-corrected chi connectivity index (χ2v) is 10.1. The SMILES string of the molecule is COc1ncc2cc1NS(=O)(=O)c1cccc(c1)C(=O)NCc1cccc(c1)-c1cnc3ccc-2nn13. The van der Waals surface area contributed by atoms with Crippen molar-refractivity contribution < 1.29 is 17.9 Å². The molecule has 0 spiro atoms. The Bertz CT molecular complexity index is 1800. The molecule has 0 atom stereocenters. The van der Waals surface area contributed by atoms with Crippen LogP contribution in [0.4, 0.5) is 5.69 Å². The zero-order valence-electron chi connectivity index (χ0n) is 19.5. The first-order chi connectivity index (χ1) is 17.9. The molecule has 2 aromatic carbocycles. The van der Waals surface area contributed by atoms with Crippen LogP contribution in [0.15, 0.2) is 84.0 Å². The van der Waals surface area contributed by atoms with Crippen LogP contribution in [0.25, 0.3) is 28.2 Å². The molecular weight excluding hydrogens is 492 g/mol. The summed E-state index contributed by atoms with van der Waals surface area (Å²) in [5.74, 6) is -0.303. The number of benzene rings is 2. The second kappa shape index (κ2) is 8.71. The molecule has 6 rings (SSSR count). The minimum atomic E-state index is -4.07. The van der Waals surface area contributed by atoms with Gasteiger partial charge < -0.3 is 10.1 Å². The van der Waals surface area contributed by atoms with E-state index in [1.807, 2.05) is 30.3 Å². The number of carbonyl (C=O) groups is 1. The number of imidazole rings is 1. The van der Waals surface area contributed by atoms with Crippen molar-refractivity contribution in [2.45, 2.75) is 11.4 Å². The predicted molar refractivity (Wildman–Crippen MR) is 137 cm³/mol. The highest BCUT2D eigenvalue weighted by atomic mass is 32.2. The van der Waals surface area contributed by atoms with Gasteiger partial charge in [0, 0.05) is 29.4 Å². The molecule has 10 nitrogen and oxygen atoms in total. The molecule has 0 radical (unpaired) electrons. The number of sulfonamides is 1. The van der Waals surface area contributed by atoms with Crippen molar-refractivity contribution in [2.75, 3.05) is 11.8 Å². The molecule has 1 aliphatic heterocycles. The Morgan fingerprint density at radius 3 is 2.62 bits per heavy atom. The maximum absolute atomic E-state index is 13.3. The molecule has 11 heteroatoms. The summed E-state index contributed by atoms with van der Waals surface area (Å²) in [6.45, 7) is 0.255. The van der Waals surface area contributed by atoms with Gasteiger partial charge in [0.2, 0.25) is 5.88 Å². The van der Waals surface area contributed by atoms with Crippen LogP contribution in [0.1, 0.15) is 15.9 Å². The Morgan fingerprint density at radius 1 is 0.919 bits per heavy atom. The molecule has 0 saturated carbocycles. The van der Waals surface area contributed by atoms with Crippen LogP contribution in [-0.2, 0) is 16.6 Å². The lowest BCUT2D eigenvalue weighted by Gasteiger charge is -2.14. The van der Waals surface area contributed by atoms with Crippen LogP contribution in [-0.4, -0.2) is 41.0 Å². The van der Waals surface area contributed by atoms with Gasteiger partial charge in [-0.25, -0.2) is 22.9 Å². The van der Waals surface area contributed by atoms with Crippen LogP contribution in [0.5, 0.6) is 5.88 Å². The highest BCUT2D eigenvalue weighted by Crippen LogP contribution is 2.30. The maximum Gasteiger partial charge on any atom is 0.262 e. The number of anilines is 1. The number of nitrogens with zero attached hydrogens (tertiary/aromatic N) is 4. The molecule has 37 heavy (non-hydrogen) atoms. The summed E-state index contributed by atoms with van der Waals surface area (Å²) in [6.07, 6.45) is 3.30. The average molecular weight is 513 g/mol. The van der Waals surface area contributed by atoms with Crippen molar-refractivity contribution in [3.8, 4) is 28.4 Å². The Kier molecular flexibility index (Phi) is 5.34. The predicted octanol–water partition coefficient (Wildman–Crippen LogP) is 3.51. The summed E-state index contributed by atoms with van der Waals surface area (Å²) in [7, 11) is -2.67. The van der Waals surface area contributed by atoms with E-state index in [4.69, 9.17) is 9.84 Å². The molecule has 1 aliphatic rings. The van der Waals surface area contributed by atoms with Crippen molar-refractivity contribution in [1.82, 2.24) is 24.9 Å². The summed E-state index contributed by atoms with van der Waals surface area (Å²) in [4.78, 5) is 21.6. The normalized spacial score (nSPS) is 14.4. The molecule has 0 aliphatic carbocycles. The Hall–Kier alpha value is -4.77. The lowest BCUT2D eigenvalue weighted by Crippen LogP contribution is -2.23. The van der Waals surface area contributed by atoms with E-state index in [-0.39, 0.29) is 28.6 Å². The first-order valence-electron chi connectivity index (χ1n) is 11.3. The van der Waals surface area contributed by atoms with Crippen molar-refractivity contribution in [3.05, 3.63) is 90.3 Å². The van der Waals surface area contributed by atoms with Gasteiger partial charge in [0.25, 0.3) is 15.9 Å². The van der Waals surface area contributed by atoms with Crippen LogP contribution >= 0.6 is 0 Å². The number of nitrogens with one attached hydrogen (secondary N) is 2. The average Bonchev–Trinajstić information content (AvgIpc) is 3.35. The Labute approximate surface area is 212 Å². The number of methoxy groups -OCH3 is 1. The number of hydrogen-bond acceptors (Lipinski definition) is 7. The number of fused-ring (bicyclic) bond motifs is 9. The van der Waals surface area contributed by atoms with E-state index >= 15 is 0 Å². The molecule has 0 fully saturated rings. The topological polar surface area (TPSA) is 128 Å². The zero-order valence-corrected chi connectivity index (χ0v) is 20.4. The Balaban J connectivity index is 1.57. The van der Waals surface area contributed by atoms with E-state index in [9.17, 15) is 13.2 Å². The number of aromatic nitrogens is 4. The fourth-order valence-corrected chi connectivity index (χ4v) is 5.28. The molecule has 184 valence electrons. The molecule has 1 amide bonds. The number of amides is 1. The van der Waals surface area contributed by atoms with Gasteiger partial charge in [0.1, 0.15) is 5.69 Å². The second-order valence-electron chi connectivity index (χ2n) is 8.43. The molecule has 0 saturated heterocycles. The van der Waals surface area contributed by atoms with Gasteiger partial charge in [-0.3, -0.25) is 9.52 Å². The molecule has 2 N–H and O–H groups in total. The number of carbonyl (C=O) groups excluding carboxylic acids is 1. The third-order valence-corrected chi connectivity index (χ3v) is 7.39. The number of ether oxygens (including phenoxy) is 1. The molecule has 4 heterocycles. The minimum Gasteiger partial charge on any atom is -0.480 e. The number of hydrogen-bond donors (Lipinski definition) is 2. The largest absolute Gasteiger partial charge is 0.480 e. The summed E-state index contributed by atoms with van der Waals surface area (Å²) < 4.78 is 36.1. The lowest BCUT2D eigenvalue weighted by molar-refractivity contribution is 0.0950. The smallest absolute Gasteiger partial charge is 0.262 e. The van der Waals surface area contributed by atoms with Crippen molar-refractivity contribution >= 4 is 27.3 Å². The van der Waals surface area contributed by atoms with E-state index in [1.54, 1.807) is 35.1 Å². The monoisotopic (exact) mass is 512 g/mol. The highest BCUT2D eigenvalue weighted by Gasteiger charge is 2.20. The maximum atomic E-state index is 13.3. The van der Waals surface area contributed by atoms with Crippen LogP contribution < -0.4 is 14.8 Å². The van der Waals surface area contributed by atoms with Crippen LogP contribution in [0.2, 0.25) is 0 Å². The van der Waals surface area contributed by atoms with Gasteiger partial charge in [0.15, 0.2) is 5.65 Å².